The largest absolute Gasteiger partial charge is 0.391 e. The summed E-state index contributed by atoms with van der Waals surface area (Å²) in [6.45, 7) is 4.37. The van der Waals surface area contributed by atoms with Crippen LogP contribution in [0.4, 0.5) is 5.13 Å². The number of aromatic nitrogens is 1. The number of thiazole rings is 1. The van der Waals surface area contributed by atoms with Crippen LogP contribution in [0, 0.1) is 0 Å². The zero-order valence-electron chi connectivity index (χ0n) is 10.4. The molecule has 16 heavy (non-hydrogen) atoms. The van der Waals surface area contributed by atoms with E-state index >= 15 is 0 Å². The number of nitrogens with zero attached hydrogens (tertiary/aromatic N) is 2. The first-order valence-electron chi connectivity index (χ1n) is 5.45. The van der Waals surface area contributed by atoms with Crippen LogP contribution in [0.3, 0.4) is 0 Å². The van der Waals surface area contributed by atoms with Crippen molar-refractivity contribution < 1.29 is 5.11 Å². The van der Waals surface area contributed by atoms with Gasteiger partial charge in [-0.2, -0.15) is 11.8 Å². The van der Waals surface area contributed by atoms with Gasteiger partial charge in [-0.05, 0) is 19.6 Å². The highest BCUT2D eigenvalue weighted by Crippen LogP contribution is 2.27. The second-order valence-corrected chi connectivity index (χ2v) is 5.77. The van der Waals surface area contributed by atoms with Gasteiger partial charge in [0.25, 0.3) is 0 Å². The van der Waals surface area contributed by atoms with Gasteiger partial charge in [-0.1, -0.05) is 18.3 Å². The fraction of sp³-hybridized carbons (Fsp3) is 0.727. The Morgan fingerprint density at radius 1 is 1.56 bits per heavy atom. The Hall–Kier alpha value is -0.260. The van der Waals surface area contributed by atoms with Crippen LogP contribution in [-0.4, -0.2) is 35.2 Å². The molecule has 1 heterocycles. The molecule has 5 heteroatoms. The van der Waals surface area contributed by atoms with Crippen molar-refractivity contribution in [1.82, 2.24) is 4.98 Å². The van der Waals surface area contributed by atoms with E-state index in [9.17, 15) is 5.11 Å². The topological polar surface area (TPSA) is 36.4 Å². The SMILES string of the molecule is CCc1nc(N(C)C(C)CSC)sc1CO. The summed E-state index contributed by atoms with van der Waals surface area (Å²) in [5.41, 5.74) is 1.03. The molecule has 0 aromatic carbocycles. The molecule has 3 nitrogen and oxygen atoms in total. The van der Waals surface area contributed by atoms with E-state index in [1.807, 2.05) is 11.8 Å². The van der Waals surface area contributed by atoms with Gasteiger partial charge in [0.2, 0.25) is 0 Å². The van der Waals surface area contributed by atoms with Crippen molar-refractivity contribution in [2.75, 3.05) is 24.0 Å². The molecule has 0 spiro atoms. The highest BCUT2D eigenvalue weighted by atomic mass is 32.2. The molecule has 0 saturated heterocycles. The van der Waals surface area contributed by atoms with E-state index < -0.39 is 0 Å². The van der Waals surface area contributed by atoms with Crippen molar-refractivity contribution in [1.29, 1.82) is 0 Å². The van der Waals surface area contributed by atoms with Crippen LogP contribution in [-0.2, 0) is 13.0 Å². The maximum Gasteiger partial charge on any atom is 0.185 e. The quantitative estimate of drug-likeness (QED) is 0.852. The van der Waals surface area contributed by atoms with Crippen molar-refractivity contribution >= 4 is 28.2 Å². The summed E-state index contributed by atoms with van der Waals surface area (Å²) >= 11 is 3.44. The van der Waals surface area contributed by atoms with Crippen LogP contribution in [0.15, 0.2) is 0 Å². The van der Waals surface area contributed by atoms with Gasteiger partial charge in [0, 0.05) is 18.8 Å². The molecule has 0 amide bonds. The lowest BCUT2D eigenvalue weighted by Gasteiger charge is -2.23. The number of hydrogen-bond acceptors (Lipinski definition) is 5. The number of rotatable bonds is 6. The molecule has 1 unspecified atom stereocenters. The highest BCUT2D eigenvalue weighted by molar-refractivity contribution is 7.98. The summed E-state index contributed by atoms with van der Waals surface area (Å²) in [5.74, 6) is 1.09. The zero-order chi connectivity index (χ0) is 12.1. The van der Waals surface area contributed by atoms with Crippen LogP contribution in [0.1, 0.15) is 24.4 Å². The molecule has 92 valence electrons. The maximum absolute atomic E-state index is 9.23. The normalized spacial score (nSPS) is 12.8. The third-order valence-electron chi connectivity index (χ3n) is 2.62. The maximum atomic E-state index is 9.23. The number of hydrogen-bond donors (Lipinski definition) is 1. The number of aliphatic hydroxyl groups is 1. The molecule has 1 aromatic rings. The van der Waals surface area contributed by atoms with Crippen LogP contribution < -0.4 is 4.90 Å². The summed E-state index contributed by atoms with van der Waals surface area (Å²) in [5, 5.41) is 10.3. The van der Waals surface area contributed by atoms with E-state index in [-0.39, 0.29) is 6.61 Å². The number of anilines is 1. The molecular weight excluding hydrogens is 240 g/mol. The number of thioether (sulfide) groups is 1. The Kier molecular flexibility index (Phi) is 5.58. The van der Waals surface area contributed by atoms with Crippen molar-refractivity contribution in [3.8, 4) is 0 Å². The number of aryl methyl sites for hydroxylation is 1. The average molecular weight is 260 g/mol. The zero-order valence-corrected chi connectivity index (χ0v) is 12.0. The van der Waals surface area contributed by atoms with E-state index in [1.54, 1.807) is 11.3 Å². The fourth-order valence-corrected chi connectivity index (χ4v) is 3.24. The van der Waals surface area contributed by atoms with E-state index in [0.717, 1.165) is 27.9 Å². The van der Waals surface area contributed by atoms with Gasteiger partial charge in [0.1, 0.15) is 0 Å². The van der Waals surface area contributed by atoms with E-state index in [0.29, 0.717) is 6.04 Å². The summed E-state index contributed by atoms with van der Waals surface area (Å²) in [7, 11) is 2.07. The van der Waals surface area contributed by atoms with E-state index in [1.165, 1.54) is 0 Å². The lowest BCUT2D eigenvalue weighted by atomic mass is 10.3. The molecule has 1 N–H and O–H groups in total. The Morgan fingerprint density at radius 2 is 2.25 bits per heavy atom. The lowest BCUT2D eigenvalue weighted by Crippen LogP contribution is -2.30. The minimum Gasteiger partial charge on any atom is -0.391 e. The standard InChI is InChI=1S/C11H20N2OS2/c1-5-9-10(6-14)16-11(12-9)13(3)8(2)7-15-4/h8,14H,5-7H2,1-4H3. The summed E-state index contributed by atoms with van der Waals surface area (Å²) < 4.78 is 0. The molecule has 0 aliphatic rings. The Balaban J connectivity index is 2.82. The van der Waals surface area contributed by atoms with Gasteiger partial charge >= 0.3 is 0 Å². The summed E-state index contributed by atoms with van der Waals surface area (Å²) in [4.78, 5) is 7.77. The highest BCUT2D eigenvalue weighted by Gasteiger charge is 2.16. The molecule has 0 aliphatic heterocycles. The molecule has 0 bridgehead atoms. The van der Waals surface area contributed by atoms with Crippen molar-refractivity contribution in [3.63, 3.8) is 0 Å². The van der Waals surface area contributed by atoms with Crippen LogP contribution in [0.25, 0.3) is 0 Å². The Morgan fingerprint density at radius 3 is 2.69 bits per heavy atom. The smallest absolute Gasteiger partial charge is 0.185 e. The van der Waals surface area contributed by atoms with Gasteiger partial charge in [0.05, 0.1) is 17.2 Å². The van der Waals surface area contributed by atoms with Crippen LogP contribution in [0.5, 0.6) is 0 Å². The second-order valence-electron chi connectivity index (χ2n) is 3.79. The molecule has 1 rings (SSSR count). The fourth-order valence-electron chi connectivity index (χ4n) is 1.46. The third kappa shape index (κ3) is 3.12. The first-order valence-corrected chi connectivity index (χ1v) is 7.66. The molecule has 0 radical (unpaired) electrons. The molecule has 0 aliphatic carbocycles. The van der Waals surface area contributed by atoms with Gasteiger partial charge in [-0.25, -0.2) is 4.98 Å². The van der Waals surface area contributed by atoms with Gasteiger partial charge in [-0.3, -0.25) is 0 Å². The molecular formula is C11H20N2OS2. The first-order chi connectivity index (χ1) is 7.63. The van der Waals surface area contributed by atoms with Crippen molar-refractivity contribution in [2.45, 2.75) is 32.9 Å². The predicted molar refractivity (Wildman–Crippen MR) is 73.7 cm³/mol. The van der Waals surface area contributed by atoms with Crippen molar-refractivity contribution in [2.24, 2.45) is 0 Å². The minimum atomic E-state index is 0.103. The molecule has 1 atom stereocenters. The summed E-state index contributed by atoms with van der Waals surface area (Å²) in [6.07, 6.45) is 3.00. The van der Waals surface area contributed by atoms with Gasteiger partial charge < -0.3 is 10.0 Å². The molecule has 0 fully saturated rings. The van der Waals surface area contributed by atoms with E-state index in [4.69, 9.17) is 0 Å². The molecule has 0 saturated carbocycles. The molecule has 1 aromatic heterocycles. The first kappa shape index (κ1) is 13.8. The Bertz CT molecular complexity index is 306. The second kappa shape index (κ2) is 6.47. The van der Waals surface area contributed by atoms with Gasteiger partial charge in [0.15, 0.2) is 5.13 Å². The average Bonchev–Trinajstić information content (AvgIpc) is 2.71. The Labute approximate surface area is 106 Å². The number of aliphatic hydroxyl groups excluding tert-OH is 1. The minimum absolute atomic E-state index is 0.103. The summed E-state index contributed by atoms with van der Waals surface area (Å²) in [6, 6.07) is 0.470. The van der Waals surface area contributed by atoms with Crippen LogP contribution in [0.2, 0.25) is 0 Å². The monoisotopic (exact) mass is 260 g/mol. The van der Waals surface area contributed by atoms with Gasteiger partial charge in [-0.15, -0.1) is 0 Å². The predicted octanol–water partition coefficient (Wildman–Crippen LogP) is 2.39. The third-order valence-corrected chi connectivity index (χ3v) is 4.60. The van der Waals surface area contributed by atoms with E-state index in [2.05, 4.69) is 37.0 Å². The van der Waals surface area contributed by atoms with Crippen molar-refractivity contribution in [3.05, 3.63) is 10.6 Å². The lowest BCUT2D eigenvalue weighted by molar-refractivity contribution is 0.284. The van der Waals surface area contributed by atoms with Crippen LogP contribution >= 0.6 is 23.1 Å².